The summed E-state index contributed by atoms with van der Waals surface area (Å²) in [6.07, 6.45) is 3.99. The van der Waals surface area contributed by atoms with Crippen LogP contribution in [0.15, 0.2) is 0 Å². The van der Waals surface area contributed by atoms with Gasteiger partial charge >= 0.3 is 12.0 Å². The van der Waals surface area contributed by atoms with Crippen molar-refractivity contribution in [2.75, 3.05) is 26.8 Å². The Morgan fingerprint density at radius 2 is 1.89 bits per heavy atom. The zero-order chi connectivity index (χ0) is 14.1. The summed E-state index contributed by atoms with van der Waals surface area (Å²) in [5.41, 5.74) is 0. The summed E-state index contributed by atoms with van der Waals surface area (Å²) < 4.78 is 4.89. The SMILES string of the molecule is COCCCNC(=O)NCC1CCC(C(=O)O)CC1. The molecule has 110 valence electrons. The van der Waals surface area contributed by atoms with Crippen LogP contribution in [-0.2, 0) is 9.53 Å². The molecule has 0 aromatic carbocycles. The van der Waals surface area contributed by atoms with Gasteiger partial charge in [-0.25, -0.2) is 4.79 Å². The molecule has 0 spiro atoms. The lowest BCUT2D eigenvalue weighted by molar-refractivity contribution is -0.143. The lowest BCUT2D eigenvalue weighted by atomic mass is 9.82. The van der Waals surface area contributed by atoms with E-state index in [4.69, 9.17) is 9.84 Å². The van der Waals surface area contributed by atoms with Gasteiger partial charge in [0.2, 0.25) is 0 Å². The number of nitrogens with one attached hydrogen (secondary N) is 2. The molecule has 1 aliphatic carbocycles. The second kappa shape index (κ2) is 8.74. The summed E-state index contributed by atoms with van der Waals surface area (Å²) in [5, 5.41) is 14.5. The summed E-state index contributed by atoms with van der Waals surface area (Å²) in [5.74, 6) is -0.484. The fourth-order valence-corrected chi connectivity index (χ4v) is 2.33. The number of methoxy groups -OCH3 is 1. The van der Waals surface area contributed by atoms with Crippen LogP contribution in [0.25, 0.3) is 0 Å². The number of carbonyl (C=O) groups is 2. The zero-order valence-corrected chi connectivity index (χ0v) is 11.5. The van der Waals surface area contributed by atoms with E-state index in [0.717, 1.165) is 32.1 Å². The standard InChI is InChI=1S/C13H24N2O4/c1-19-8-2-7-14-13(18)15-9-10-3-5-11(6-4-10)12(16)17/h10-11H,2-9H2,1H3,(H,16,17)(H2,14,15,18). The Bertz CT molecular complexity index is 288. The highest BCUT2D eigenvalue weighted by Gasteiger charge is 2.25. The van der Waals surface area contributed by atoms with Crippen LogP contribution in [0, 0.1) is 11.8 Å². The van der Waals surface area contributed by atoms with E-state index in [-0.39, 0.29) is 11.9 Å². The quantitative estimate of drug-likeness (QED) is 0.608. The molecule has 0 heterocycles. The molecule has 1 rings (SSSR count). The van der Waals surface area contributed by atoms with Crippen molar-refractivity contribution in [1.29, 1.82) is 0 Å². The van der Waals surface area contributed by atoms with Crippen LogP contribution in [0.1, 0.15) is 32.1 Å². The first-order valence-corrected chi connectivity index (χ1v) is 6.87. The predicted molar refractivity (Wildman–Crippen MR) is 71.0 cm³/mol. The lowest BCUT2D eigenvalue weighted by Crippen LogP contribution is -2.39. The number of hydrogen-bond acceptors (Lipinski definition) is 3. The minimum atomic E-state index is -0.692. The minimum absolute atomic E-state index is 0.156. The van der Waals surface area contributed by atoms with Gasteiger partial charge in [0.25, 0.3) is 0 Å². The van der Waals surface area contributed by atoms with Crippen LogP contribution in [-0.4, -0.2) is 43.9 Å². The number of ether oxygens (including phenoxy) is 1. The van der Waals surface area contributed by atoms with Gasteiger partial charge in [-0.3, -0.25) is 4.79 Å². The average Bonchev–Trinajstić information content (AvgIpc) is 2.42. The van der Waals surface area contributed by atoms with Gasteiger partial charge in [-0.05, 0) is 38.0 Å². The number of aliphatic carboxylic acids is 1. The number of carboxylic acids is 1. The summed E-state index contributed by atoms with van der Waals surface area (Å²) in [7, 11) is 1.63. The van der Waals surface area contributed by atoms with Crippen LogP contribution < -0.4 is 10.6 Å². The Hall–Kier alpha value is -1.30. The zero-order valence-electron chi connectivity index (χ0n) is 11.5. The van der Waals surface area contributed by atoms with E-state index in [1.54, 1.807) is 7.11 Å². The normalized spacial score (nSPS) is 22.8. The first kappa shape index (κ1) is 15.8. The van der Waals surface area contributed by atoms with E-state index < -0.39 is 5.97 Å². The summed E-state index contributed by atoms with van der Waals surface area (Å²) in [4.78, 5) is 22.3. The molecule has 0 aromatic heterocycles. The lowest BCUT2D eigenvalue weighted by Gasteiger charge is -2.26. The summed E-state index contributed by atoms with van der Waals surface area (Å²) in [6.45, 7) is 1.87. The Morgan fingerprint density at radius 3 is 2.47 bits per heavy atom. The third-order valence-electron chi connectivity index (χ3n) is 3.56. The largest absolute Gasteiger partial charge is 0.481 e. The van der Waals surface area contributed by atoms with Gasteiger partial charge in [-0.2, -0.15) is 0 Å². The molecule has 0 aromatic rings. The van der Waals surface area contributed by atoms with Crippen molar-refractivity contribution >= 4 is 12.0 Å². The van der Waals surface area contributed by atoms with E-state index in [0.29, 0.717) is 25.6 Å². The molecule has 0 saturated heterocycles. The molecule has 1 fully saturated rings. The molecular formula is C13H24N2O4. The van der Waals surface area contributed by atoms with E-state index in [9.17, 15) is 9.59 Å². The van der Waals surface area contributed by atoms with Crippen molar-refractivity contribution in [3.63, 3.8) is 0 Å². The van der Waals surface area contributed by atoms with Gasteiger partial charge < -0.3 is 20.5 Å². The molecule has 19 heavy (non-hydrogen) atoms. The van der Waals surface area contributed by atoms with Gasteiger partial charge in [0.1, 0.15) is 0 Å². The van der Waals surface area contributed by atoms with Crippen LogP contribution in [0.2, 0.25) is 0 Å². The molecule has 0 radical (unpaired) electrons. The van der Waals surface area contributed by atoms with Gasteiger partial charge in [0.05, 0.1) is 5.92 Å². The highest BCUT2D eigenvalue weighted by atomic mass is 16.5. The van der Waals surface area contributed by atoms with Crippen LogP contribution in [0.3, 0.4) is 0 Å². The highest BCUT2D eigenvalue weighted by Crippen LogP contribution is 2.28. The number of carbonyl (C=O) groups excluding carboxylic acids is 1. The molecule has 1 aliphatic rings. The third-order valence-corrected chi connectivity index (χ3v) is 3.56. The molecule has 0 unspecified atom stereocenters. The van der Waals surface area contributed by atoms with Gasteiger partial charge in [-0.15, -0.1) is 0 Å². The third kappa shape index (κ3) is 6.42. The van der Waals surface area contributed by atoms with Crippen LogP contribution in [0.5, 0.6) is 0 Å². The fraction of sp³-hybridized carbons (Fsp3) is 0.846. The van der Waals surface area contributed by atoms with E-state index in [1.165, 1.54) is 0 Å². The van der Waals surface area contributed by atoms with Crippen molar-refractivity contribution < 1.29 is 19.4 Å². The van der Waals surface area contributed by atoms with Crippen molar-refractivity contribution in [1.82, 2.24) is 10.6 Å². The maximum absolute atomic E-state index is 11.5. The van der Waals surface area contributed by atoms with Crippen LogP contribution >= 0.6 is 0 Å². The molecule has 3 N–H and O–H groups in total. The first-order valence-electron chi connectivity index (χ1n) is 6.87. The highest BCUT2D eigenvalue weighted by molar-refractivity contribution is 5.73. The molecule has 0 atom stereocenters. The van der Waals surface area contributed by atoms with Crippen molar-refractivity contribution in [3.8, 4) is 0 Å². The average molecular weight is 272 g/mol. The predicted octanol–water partition coefficient (Wildman–Crippen LogP) is 1.21. The van der Waals surface area contributed by atoms with Crippen molar-refractivity contribution in [2.45, 2.75) is 32.1 Å². The molecule has 6 heteroatoms. The summed E-state index contributed by atoms with van der Waals surface area (Å²) >= 11 is 0. The van der Waals surface area contributed by atoms with Crippen molar-refractivity contribution in [3.05, 3.63) is 0 Å². The topological polar surface area (TPSA) is 87.7 Å². The molecular weight excluding hydrogens is 248 g/mol. The second-order valence-corrected chi connectivity index (χ2v) is 5.04. The van der Waals surface area contributed by atoms with Gasteiger partial charge in [0, 0.05) is 26.8 Å². The van der Waals surface area contributed by atoms with E-state index in [2.05, 4.69) is 10.6 Å². The smallest absolute Gasteiger partial charge is 0.314 e. The monoisotopic (exact) mass is 272 g/mol. The maximum atomic E-state index is 11.5. The molecule has 0 aliphatic heterocycles. The van der Waals surface area contributed by atoms with E-state index >= 15 is 0 Å². The molecule has 2 amide bonds. The van der Waals surface area contributed by atoms with E-state index in [1.807, 2.05) is 0 Å². The Kier molecular flexibility index (Phi) is 7.25. The van der Waals surface area contributed by atoms with Gasteiger partial charge in [0.15, 0.2) is 0 Å². The number of amides is 2. The number of carboxylic acid groups (broad SMARTS) is 1. The Morgan fingerprint density at radius 1 is 1.21 bits per heavy atom. The minimum Gasteiger partial charge on any atom is -0.481 e. The maximum Gasteiger partial charge on any atom is 0.314 e. The number of hydrogen-bond donors (Lipinski definition) is 3. The molecule has 6 nitrogen and oxygen atoms in total. The van der Waals surface area contributed by atoms with Crippen molar-refractivity contribution in [2.24, 2.45) is 11.8 Å². The molecule has 1 saturated carbocycles. The Labute approximate surface area is 113 Å². The number of urea groups is 1. The molecule has 0 bridgehead atoms. The second-order valence-electron chi connectivity index (χ2n) is 5.04. The fourth-order valence-electron chi connectivity index (χ4n) is 2.33. The first-order chi connectivity index (χ1) is 9.13. The number of rotatable bonds is 7. The van der Waals surface area contributed by atoms with Gasteiger partial charge in [-0.1, -0.05) is 0 Å². The Balaban J connectivity index is 2.06. The van der Waals surface area contributed by atoms with Crippen LogP contribution in [0.4, 0.5) is 4.79 Å². The summed E-state index contributed by atoms with van der Waals surface area (Å²) in [6, 6.07) is -0.156.